The van der Waals surface area contributed by atoms with Gasteiger partial charge in [0.25, 0.3) is 0 Å². The Kier molecular flexibility index (Phi) is 5.28. The fraction of sp³-hybridized carbons (Fsp3) is 0.704. The van der Waals surface area contributed by atoms with Gasteiger partial charge in [-0.25, -0.2) is 0 Å². The van der Waals surface area contributed by atoms with E-state index in [9.17, 15) is 9.59 Å². The van der Waals surface area contributed by atoms with Gasteiger partial charge in [0, 0.05) is 39.3 Å². The molecule has 1 aromatic rings. The summed E-state index contributed by atoms with van der Waals surface area (Å²) >= 11 is 0. The highest BCUT2D eigenvalue weighted by atomic mass is 16.2. The zero-order valence-electron chi connectivity index (χ0n) is 19.3. The third-order valence-electron chi connectivity index (χ3n) is 9.22. The van der Waals surface area contributed by atoms with E-state index in [2.05, 4.69) is 35.2 Å². The normalized spacial score (nSPS) is 36.6. The lowest BCUT2D eigenvalue weighted by Crippen LogP contribution is -2.58. The molecule has 4 aliphatic carbocycles. The Morgan fingerprint density at radius 3 is 2.09 bits per heavy atom. The first-order valence-corrected chi connectivity index (χ1v) is 13.0. The number of amides is 2. The Labute approximate surface area is 192 Å². The van der Waals surface area contributed by atoms with Crippen LogP contribution in [0.2, 0.25) is 0 Å². The number of piperazine rings is 1. The van der Waals surface area contributed by atoms with Gasteiger partial charge in [-0.3, -0.25) is 14.5 Å². The van der Waals surface area contributed by atoms with E-state index < -0.39 is 0 Å². The molecule has 7 rings (SSSR count). The van der Waals surface area contributed by atoms with E-state index in [1.807, 2.05) is 9.80 Å². The Morgan fingerprint density at radius 2 is 1.47 bits per heavy atom. The van der Waals surface area contributed by atoms with Gasteiger partial charge in [0.05, 0.1) is 5.41 Å². The van der Waals surface area contributed by atoms with Crippen molar-refractivity contribution in [3.63, 3.8) is 0 Å². The van der Waals surface area contributed by atoms with Gasteiger partial charge in [-0.05, 0) is 74.7 Å². The van der Waals surface area contributed by atoms with Crippen LogP contribution in [0.15, 0.2) is 30.3 Å². The highest BCUT2D eigenvalue weighted by Gasteiger charge is 2.57. The van der Waals surface area contributed by atoms with Crippen molar-refractivity contribution in [1.29, 1.82) is 0 Å². The first-order valence-electron chi connectivity index (χ1n) is 13.0. The fourth-order valence-electron chi connectivity index (χ4n) is 8.12. The average Bonchev–Trinajstić information content (AvgIpc) is 3.28. The number of hydrogen-bond donors (Lipinski definition) is 0. The van der Waals surface area contributed by atoms with Crippen LogP contribution in [-0.2, 0) is 16.1 Å². The molecule has 5 heteroatoms. The van der Waals surface area contributed by atoms with E-state index in [0.717, 1.165) is 89.1 Å². The van der Waals surface area contributed by atoms with E-state index in [1.165, 1.54) is 24.8 Å². The van der Waals surface area contributed by atoms with E-state index in [1.54, 1.807) is 0 Å². The van der Waals surface area contributed by atoms with E-state index in [-0.39, 0.29) is 17.4 Å². The molecule has 1 atom stereocenters. The number of hydrogen-bond acceptors (Lipinski definition) is 3. The molecule has 2 aliphatic heterocycles. The molecule has 2 amide bonds. The Morgan fingerprint density at radius 1 is 0.844 bits per heavy atom. The second-order valence-corrected chi connectivity index (χ2v) is 11.4. The standard InChI is InChI=1S/C27H37N3O2/c31-25(29-11-9-28(10-12-29)19-20-5-2-1-3-6-20)24-7-4-8-30(24)26(32)27-16-21-13-22(17-27)15-23(14-21)18-27/h1-3,5-6,21-24H,4,7-19H2/t21?,22?,23?,24-,27?/m0/s1. The number of carbonyl (C=O) groups is 2. The largest absolute Gasteiger partial charge is 0.338 e. The van der Waals surface area contributed by atoms with E-state index >= 15 is 0 Å². The molecule has 2 heterocycles. The van der Waals surface area contributed by atoms with Gasteiger partial charge in [0.1, 0.15) is 6.04 Å². The number of benzene rings is 1. The monoisotopic (exact) mass is 435 g/mol. The minimum absolute atomic E-state index is 0.133. The first-order chi connectivity index (χ1) is 15.6. The third kappa shape index (κ3) is 3.67. The van der Waals surface area contributed by atoms with Crippen molar-refractivity contribution in [2.45, 2.75) is 64.0 Å². The van der Waals surface area contributed by atoms with Crippen LogP contribution in [0.1, 0.15) is 56.9 Å². The molecule has 0 aromatic heterocycles. The predicted molar refractivity (Wildman–Crippen MR) is 124 cm³/mol. The molecule has 1 aromatic carbocycles. The highest BCUT2D eigenvalue weighted by molar-refractivity contribution is 5.91. The lowest BCUT2D eigenvalue weighted by atomic mass is 9.49. The molecule has 5 nitrogen and oxygen atoms in total. The van der Waals surface area contributed by atoms with Crippen LogP contribution in [0.4, 0.5) is 0 Å². The van der Waals surface area contributed by atoms with Crippen LogP contribution in [0.25, 0.3) is 0 Å². The molecule has 4 saturated carbocycles. The molecule has 2 saturated heterocycles. The first kappa shape index (κ1) is 20.7. The van der Waals surface area contributed by atoms with Crippen molar-refractivity contribution in [1.82, 2.24) is 14.7 Å². The van der Waals surface area contributed by atoms with Gasteiger partial charge < -0.3 is 9.80 Å². The fourth-order valence-corrected chi connectivity index (χ4v) is 8.12. The number of likely N-dealkylation sites (tertiary alicyclic amines) is 1. The third-order valence-corrected chi connectivity index (χ3v) is 9.22. The Balaban J connectivity index is 1.09. The Bertz CT molecular complexity index is 826. The molecule has 6 fully saturated rings. The lowest BCUT2D eigenvalue weighted by Gasteiger charge is -2.56. The molecular weight excluding hydrogens is 398 g/mol. The van der Waals surface area contributed by atoms with E-state index in [4.69, 9.17) is 0 Å². The minimum Gasteiger partial charge on any atom is -0.338 e. The number of nitrogens with zero attached hydrogens (tertiary/aromatic N) is 3. The Hall–Kier alpha value is -1.88. The summed E-state index contributed by atoms with van der Waals surface area (Å²) in [5, 5.41) is 0. The average molecular weight is 436 g/mol. The van der Waals surface area contributed by atoms with Crippen LogP contribution in [-0.4, -0.2) is 65.3 Å². The predicted octanol–water partition coefficient (Wildman–Crippen LogP) is 3.54. The molecule has 32 heavy (non-hydrogen) atoms. The molecule has 4 bridgehead atoms. The summed E-state index contributed by atoms with van der Waals surface area (Å²) in [4.78, 5) is 33.9. The van der Waals surface area contributed by atoms with Gasteiger partial charge in [-0.1, -0.05) is 30.3 Å². The van der Waals surface area contributed by atoms with Crippen LogP contribution in [0, 0.1) is 23.2 Å². The molecular formula is C27H37N3O2. The summed E-state index contributed by atoms with van der Waals surface area (Å²) in [7, 11) is 0. The summed E-state index contributed by atoms with van der Waals surface area (Å²) in [5.41, 5.74) is 1.20. The zero-order chi connectivity index (χ0) is 21.7. The van der Waals surface area contributed by atoms with Crippen LogP contribution in [0.5, 0.6) is 0 Å². The van der Waals surface area contributed by atoms with Gasteiger partial charge in [-0.15, -0.1) is 0 Å². The molecule has 6 aliphatic rings. The topological polar surface area (TPSA) is 43.9 Å². The maximum absolute atomic E-state index is 13.9. The second kappa shape index (κ2) is 8.16. The number of carbonyl (C=O) groups excluding carboxylic acids is 2. The minimum atomic E-state index is -0.212. The summed E-state index contributed by atoms with van der Waals surface area (Å²) in [6, 6.07) is 10.4. The summed E-state index contributed by atoms with van der Waals surface area (Å²) in [5.74, 6) is 2.84. The van der Waals surface area contributed by atoms with Gasteiger partial charge in [-0.2, -0.15) is 0 Å². The van der Waals surface area contributed by atoms with Gasteiger partial charge >= 0.3 is 0 Å². The SMILES string of the molecule is O=C([C@@H]1CCCN1C(=O)C12CC3CC(CC(C3)C1)C2)N1CCN(Cc2ccccc2)CC1. The van der Waals surface area contributed by atoms with Crippen molar-refractivity contribution in [2.24, 2.45) is 23.2 Å². The van der Waals surface area contributed by atoms with Crippen molar-refractivity contribution in [2.75, 3.05) is 32.7 Å². The highest BCUT2D eigenvalue weighted by Crippen LogP contribution is 2.60. The van der Waals surface area contributed by atoms with Crippen LogP contribution < -0.4 is 0 Å². The van der Waals surface area contributed by atoms with Crippen LogP contribution >= 0.6 is 0 Å². The van der Waals surface area contributed by atoms with Crippen molar-refractivity contribution >= 4 is 11.8 Å². The molecule has 0 spiro atoms. The maximum Gasteiger partial charge on any atom is 0.245 e. The quantitative estimate of drug-likeness (QED) is 0.727. The molecule has 0 radical (unpaired) electrons. The maximum atomic E-state index is 13.9. The molecule has 0 N–H and O–H groups in total. The summed E-state index contributed by atoms with van der Waals surface area (Å²) in [6.07, 6.45) is 9.14. The molecule has 0 unspecified atom stereocenters. The van der Waals surface area contributed by atoms with Gasteiger partial charge in [0.2, 0.25) is 11.8 Å². The van der Waals surface area contributed by atoms with Crippen LogP contribution in [0.3, 0.4) is 0 Å². The number of rotatable bonds is 4. The van der Waals surface area contributed by atoms with Crippen molar-refractivity contribution in [3.05, 3.63) is 35.9 Å². The van der Waals surface area contributed by atoms with Crippen molar-refractivity contribution < 1.29 is 9.59 Å². The van der Waals surface area contributed by atoms with E-state index in [0.29, 0.717) is 5.91 Å². The summed E-state index contributed by atoms with van der Waals surface area (Å²) < 4.78 is 0. The van der Waals surface area contributed by atoms with Gasteiger partial charge in [0.15, 0.2) is 0 Å². The van der Waals surface area contributed by atoms with Crippen molar-refractivity contribution in [3.8, 4) is 0 Å². The summed E-state index contributed by atoms with van der Waals surface area (Å²) in [6.45, 7) is 5.11. The lowest BCUT2D eigenvalue weighted by molar-refractivity contribution is -0.162. The zero-order valence-corrected chi connectivity index (χ0v) is 19.3. The molecule has 172 valence electrons. The second-order valence-electron chi connectivity index (χ2n) is 11.4. The smallest absolute Gasteiger partial charge is 0.245 e.